The van der Waals surface area contributed by atoms with Gasteiger partial charge in [0.15, 0.2) is 6.61 Å². The minimum Gasteiger partial charge on any atom is -0.482 e. The quantitative estimate of drug-likeness (QED) is 0.775. The molecule has 1 aliphatic heterocycles. The van der Waals surface area contributed by atoms with Crippen molar-refractivity contribution >= 4 is 23.3 Å². The van der Waals surface area contributed by atoms with Crippen LogP contribution < -0.4 is 9.64 Å². The van der Waals surface area contributed by atoms with Crippen molar-refractivity contribution in [1.82, 2.24) is 0 Å². The molecule has 0 radical (unpaired) electrons. The summed E-state index contributed by atoms with van der Waals surface area (Å²) in [6.07, 6.45) is 0. The number of para-hydroxylation sites is 1. The Bertz CT molecular complexity index is 860. The molecule has 0 saturated heterocycles. The van der Waals surface area contributed by atoms with Gasteiger partial charge in [-0.25, -0.2) is 4.79 Å². The van der Waals surface area contributed by atoms with E-state index in [0.717, 1.165) is 22.5 Å². The zero-order chi connectivity index (χ0) is 18.5. The first kappa shape index (κ1) is 17.7. The number of carbonyl (C=O) groups excluding carboxylic acids is 2. The third-order valence-electron chi connectivity index (χ3n) is 4.04. The van der Waals surface area contributed by atoms with Gasteiger partial charge in [-0.2, -0.15) is 0 Å². The minimum atomic E-state index is -0.415. The molecular weight excluding hydrogens is 332 g/mol. The number of aliphatic imine (C=N–C) groups is 1. The molecule has 0 aromatic heterocycles. The molecule has 26 heavy (non-hydrogen) atoms. The Balaban J connectivity index is 1.91. The van der Waals surface area contributed by atoms with E-state index in [1.165, 1.54) is 0 Å². The number of rotatable bonds is 5. The van der Waals surface area contributed by atoms with Gasteiger partial charge in [0.25, 0.3) is 0 Å². The maximum atomic E-state index is 12.2. The lowest BCUT2D eigenvalue weighted by atomic mass is 10.00. The van der Waals surface area contributed by atoms with E-state index in [2.05, 4.69) is 4.99 Å². The van der Waals surface area contributed by atoms with Crippen molar-refractivity contribution < 1.29 is 19.1 Å². The molecule has 6 heteroatoms. The molecule has 0 aliphatic carbocycles. The average Bonchev–Trinajstić information content (AvgIpc) is 2.78. The van der Waals surface area contributed by atoms with Crippen molar-refractivity contribution in [2.45, 2.75) is 6.92 Å². The second kappa shape index (κ2) is 7.82. The first-order valence-corrected chi connectivity index (χ1v) is 8.39. The SMILES string of the molecule is CCOC(=O)COc1cccc(C2=NCC(=O)N(C)c3ccccc32)c1. The summed E-state index contributed by atoms with van der Waals surface area (Å²) in [4.78, 5) is 29.8. The molecule has 2 aromatic carbocycles. The predicted molar refractivity (Wildman–Crippen MR) is 98.9 cm³/mol. The fourth-order valence-corrected chi connectivity index (χ4v) is 2.76. The average molecular weight is 352 g/mol. The Morgan fingerprint density at radius 3 is 2.81 bits per heavy atom. The Labute approximate surface area is 152 Å². The Morgan fingerprint density at radius 1 is 1.19 bits per heavy atom. The fraction of sp³-hybridized carbons (Fsp3) is 0.250. The van der Waals surface area contributed by atoms with Gasteiger partial charge in [0.1, 0.15) is 12.3 Å². The number of ether oxygens (including phenoxy) is 2. The molecule has 0 atom stereocenters. The smallest absolute Gasteiger partial charge is 0.344 e. The lowest BCUT2D eigenvalue weighted by Gasteiger charge is -2.17. The molecule has 0 spiro atoms. The van der Waals surface area contributed by atoms with Crippen molar-refractivity contribution in [3.63, 3.8) is 0 Å². The van der Waals surface area contributed by atoms with Gasteiger partial charge in [-0.1, -0.05) is 30.3 Å². The number of benzodiazepines with no additional fused rings is 1. The zero-order valence-corrected chi connectivity index (χ0v) is 14.8. The van der Waals surface area contributed by atoms with Crippen LogP contribution in [0.2, 0.25) is 0 Å². The van der Waals surface area contributed by atoms with Gasteiger partial charge in [0.2, 0.25) is 5.91 Å². The summed E-state index contributed by atoms with van der Waals surface area (Å²) >= 11 is 0. The first-order valence-electron chi connectivity index (χ1n) is 8.39. The second-order valence-electron chi connectivity index (χ2n) is 5.76. The van der Waals surface area contributed by atoms with E-state index in [1.807, 2.05) is 42.5 Å². The number of carbonyl (C=O) groups is 2. The minimum absolute atomic E-state index is 0.0674. The van der Waals surface area contributed by atoms with E-state index in [1.54, 1.807) is 24.9 Å². The van der Waals surface area contributed by atoms with E-state index in [0.29, 0.717) is 12.4 Å². The number of likely N-dealkylation sites (N-methyl/N-ethyl adjacent to an activating group) is 1. The number of anilines is 1. The summed E-state index contributed by atoms with van der Waals surface area (Å²) in [6.45, 7) is 1.99. The van der Waals surface area contributed by atoms with Gasteiger partial charge in [-0.3, -0.25) is 9.79 Å². The van der Waals surface area contributed by atoms with Crippen LogP contribution in [0.25, 0.3) is 0 Å². The van der Waals surface area contributed by atoms with Crippen molar-refractivity contribution in [2.24, 2.45) is 4.99 Å². The molecular formula is C20H20N2O4. The molecule has 3 rings (SSSR count). The van der Waals surface area contributed by atoms with Crippen LogP contribution >= 0.6 is 0 Å². The highest BCUT2D eigenvalue weighted by molar-refractivity contribution is 6.19. The largest absolute Gasteiger partial charge is 0.482 e. The van der Waals surface area contributed by atoms with Gasteiger partial charge in [-0.15, -0.1) is 0 Å². The van der Waals surface area contributed by atoms with Crippen LogP contribution in [0, 0.1) is 0 Å². The maximum absolute atomic E-state index is 12.2. The number of fused-ring (bicyclic) bond motifs is 1. The number of amides is 1. The number of hydrogen-bond donors (Lipinski definition) is 0. The molecule has 2 aromatic rings. The first-order chi connectivity index (χ1) is 12.6. The summed E-state index contributed by atoms with van der Waals surface area (Å²) in [7, 11) is 1.75. The summed E-state index contributed by atoms with van der Waals surface area (Å²) in [5.41, 5.74) is 3.23. The number of benzene rings is 2. The lowest BCUT2D eigenvalue weighted by Crippen LogP contribution is -2.27. The monoisotopic (exact) mass is 352 g/mol. The topological polar surface area (TPSA) is 68.2 Å². The lowest BCUT2D eigenvalue weighted by molar-refractivity contribution is -0.145. The van der Waals surface area contributed by atoms with Crippen LogP contribution in [0.5, 0.6) is 5.75 Å². The Kier molecular flexibility index (Phi) is 5.31. The number of hydrogen-bond acceptors (Lipinski definition) is 5. The predicted octanol–water partition coefficient (Wildman–Crippen LogP) is 2.44. The van der Waals surface area contributed by atoms with Crippen LogP contribution in [0.3, 0.4) is 0 Å². The second-order valence-corrected chi connectivity index (χ2v) is 5.76. The highest BCUT2D eigenvalue weighted by Gasteiger charge is 2.22. The highest BCUT2D eigenvalue weighted by atomic mass is 16.6. The van der Waals surface area contributed by atoms with Crippen LogP contribution in [-0.2, 0) is 14.3 Å². The molecule has 0 unspecified atom stereocenters. The van der Waals surface area contributed by atoms with E-state index < -0.39 is 5.97 Å². The van der Waals surface area contributed by atoms with E-state index >= 15 is 0 Å². The van der Waals surface area contributed by atoms with Gasteiger partial charge in [0, 0.05) is 18.2 Å². The van der Waals surface area contributed by atoms with Gasteiger partial charge >= 0.3 is 5.97 Å². The van der Waals surface area contributed by atoms with Crippen molar-refractivity contribution in [3.05, 3.63) is 59.7 Å². The van der Waals surface area contributed by atoms with Crippen LogP contribution in [0.4, 0.5) is 5.69 Å². The van der Waals surface area contributed by atoms with Gasteiger partial charge in [0.05, 0.1) is 18.0 Å². The third kappa shape index (κ3) is 3.74. The standard InChI is InChI=1S/C20H20N2O4/c1-3-25-19(24)13-26-15-8-6-7-14(11-15)20-16-9-4-5-10-17(16)22(2)18(23)12-21-20/h4-11H,3,12-13H2,1-2H3. The Hall–Kier alpha value is -3.15. The van der Waals surface area contributed by atoms with E-state index in [9.17, 15) is 9.59 Å². The fourth-order valence-electron chi connectivity index (χ4n) is 2.76. The number of nitrogens with zero attached hydrogens (tertiary/aromatic N) is 2. The summed E-state index contributed by atoms with van der Waals surface area (Å²) < 4.78 is 10.4. The summed E-state index contributed by atoms with van der Waals surface area (Å²) in [5, 5.41) is 0. The maximum Gasteiger partial charge on any atom is 0.344 e. The molecule has 1 aliphatic rings. The van der Waals surface area contributed by atoms with Gasteiger partial charge < -0.3 is 14.4 Å². The number of esters is 1. The summed E-state index contributed by atoms with van der Waals surface area (Å²) in [5.74, 6) is 0.0594. The molecule has 1 heterocycles. The molecule has 1 amide bonds. The molecule has 134 valence electrons. The van der Waals surface area contributed by atoms with Crippen molar-refractivity contribution in [2.75, 3.05) is 31.7 Å². The normalized spacial score (nSPS) is 13.5. The van der Waals surface area contributed by atoms with Crippen LogP contribution in [0.15, 0.2) is 53.5 Å². The van der Waals surface area contributed by atoms with E-state index in [-0.39, 0.29) is 19.1 Å². The zero-order valence-electron chi connectivity index (χ0n) is 14.8. The molecule has 0 N–H and O–H groups in total. The molecule has 0 fully saturated rings. The van der Waals surface area contributed by atoms with Crippen molar-refractivity contribution in [1.29, 1.82) is 0 Å². The molecule has 6 nitrogen and oxygen atoms in total. The van der Waals surface area contributed by atoms with Crippen LogP contribution in [-0.4, -0.2) is 44.4 Å². The Morgan fingerprint density at radius 2 is 2.00 bits per heavy atom. The molecule has 0 bridgehead atoms. The highest BCUT2D eigenvalue weighted by Crippen LogP contribution is 2.27. The van der Waals surface area contributed by atoms with Crippen LogP contribution in [0.1, 0.15) is 18.1 Å². The third-order valence-corrected chi connectivity index (χ3v) is 4.04. The van der Waals surface area contributed by atoms with Crippen molar-refractivity contribution in [3.8, 4) is 5.75 Å². The summed E-state index contributed by atoms with van der Waals surface area (Å²) in [6, 6.07) is 15.0. The molecule has 0 saturated carbocycles. The van der Waals surface area contributed by atoms with Gasteiger partial charge in [-0.05, 0) is 25.1 Å². The van der Waals surface area contributed by atoms with E-state index in [4.69, 9.17) is 9.47 Å².